The Kier molecular flexibility index (Phi) is 7.73. The second-order valence-corrected chi connectivity index (χ2v) is 8.63. The summed E-state index contributed by atoms with van der Waals surface area (Å²) >= 11 is 3.27. The van der Waals surface area contributed by atoms with Gasteiger partial charge < -0.3 is 9.05 Å². The summed E-state index contributed by atoms with van der Waals surface area (Å²) < 4.78 is 23.9. The third-order valence-electron chi connectivity index (χ3n) is 3.57. The van der Waals surface area contributed by atoms with Crippen LogP contribution in [0.25, 0.3) is 0 Å². The van der Waals surface area contributed by atoms with E-state index in [-0.39, 0.29) is 31.8 Å². The first-order valence-electron chi connectivity index (χ1n) is 7.52. The molecular weight excluding hydrogens is 401 g/mol. The van der Waals surface area contributed by atoms with Gasteiger partial charge in [0, 0.05) is 34.7 Å². The summed E-state index contributed by atoms with van der Waals surface area (Å²) in [5.41, 5.74) is 0.437. The zero-order valence-electron chi connectivity index (χ0n) is 13.9. The van der Waals surface area contributed by atoms with Crippen molar-refractivity contribution in [2.75, 3.05) is 13.2 Å². The molecule has 0 saturated carbocycles. The fourth-order valence-corrected chi connectivity index (χ4v) is 4.27. The molecule has 0 aliphatic rings. The van der Waals surface area contributed by atoms with Crippen LogP contribution in [0.1, 0.15) is 44.0 Å². The van der Waals surface area contributed by atoms with Crippen molar-refractivity contribution in [1.29, 1.82) is 0 Å². The van der Waals surface area contributed by atoms with E-state index >= 15 is 0 Å². The molecule has 0 fully saturated rings. The topological polar surface area (TPSA) is 95.7 Å². The summed E-state index contributed by atoms with van der Waals surface area (Å²) in [6, 6.07) is 6.68. The van der Waals surface area contributed by atoms with Crippen molar-refractivity contribution in [3.63, 3.8) is 0 Å². The first-order valence-corrected chi connectivity index (χ1v) is 9.86. The van der Waals surface area contributed by atoms with Crippen molar-refractivity contribution < 1.29 is 23.3 Å². The standard InChI is InChI=1S/C15H21BrNO6P/c1-4-22-24(21,23-5-2)15(3,17(19)20)11-10-14(18)12-6-8-13(16)9-7-12/h6-9H,4-5,10-11H2,1-3H3. The summed E-state index contributed by atoms with van der Waals surface area (Å²) in [4.78, 5) is 23.2. The first kappa shape index (κ1) is 21.0. The number of carbonyl (C=O) groups is 1. The Labute approximate surface area is 149 Å². The van der Waals surface area contributed by atoms with Gasteiger partial charge in [0.15, 0.2) is 5.78 Å². The maximum Gasteiger partial charge on any atom is 0.406 e. The van der Waals surface area contributed by atoms with Crippen molar-refractivity contribution in [3.8, 4) is 0 Å². The molecule has 0 saturated heterocycles. The summed E-state index contributed by atoms with van der Waals surface area (Å²) in [5, 5.41) is 9.58. The van der Waals surface area contributed by atoms with Gasteiger partial charge >= 0.3 is 12.9 Å². The number of benzene rings is 1. The van der Waals surface area contributed by atoms with Crippen molar-refractivity contribution in [2.24, 2.45) is 0 Å². The molecular formula is C15H21BrNO6P. The molecule has 1 aromatic rings. The second kappa shape index (κ2) is 8.85. The summed E-state index contributed by atoms with van der Waals surface area (Å²) in [7, 11) is -4.01. The predicted octanol–water partition coefficient (Wildman–Crippen LogP) is 4.67. The molecule has 0 spiro atoms. The Hall–Kier alpha value is -1.08. The molecule has 0 radical (unpaired) electrons. The van der Waals surface area contributed by atoms with Crippen LogP contribution in [-0.2, 0) is 13.6 Å². The largest absolute Gasteiger partial charge is 0.406 e. The van der Waals surface area contributed by atoms with Gasteiger partial charge in [-0.2, -0.15) is 0 Å². The number of carbonyl (C=O) groups excluding carboxylic acids is 1. The average molecular weight is 422 g/mol. The van der Waals surface area contributed by atoms with Gasteiger partial charge in [-0.3, -0.25) is 19.5 Å². The van der Waals surface area contributed by atoms with Gasteiger partial charge in [0.05, 0.1) is 13.2 Å². The van der Waals surface area contributed by atoms with Gasteiger partial charge in [-0.1, -0.05) is 28.1 Å². The van der Waals surface area contributed by atoms with E-state index < -0.39 is 17.8 Å². The highest BCUT2D eigenvalue weighted by molar-refractivity contribution is 9.10. The van der Waals surface area contributed by atoms with Crippen LogP contribution in [-0.4, -0.2) is 29.2 Å². The quantitative estimate of drug-likeness (QED) is 0.235. The molecule has 24 heavy (non-hydrogen) atoms. The fraction of sp³-hybridized carbons (Fsp3) is 0.533. The zero-order valence-corrected chi connectivity index (χ0v) is 16.3. The van der Waals surface area contributed by atoms with Crippen molar-refractivity contribution in [1.82, 2.24) is 0 Å². The molecule has 1 unspecified atom stereocenters. The zero-order chi connectivity index (χ0) is 18.4. The monoisotopic (exact) mass is 421 g/mol. The van der Waals surface area contributed by atoms with E-state index in [9.17, 15) is 19.5 Å². The van der Waals surface area contributed by atoms with Crippen LogP contribution in [0.5, 0.6) is 0 Å². The van der Waals surface area contributed by atoms with Crippen molar-refractivity contribution in [3.05, 3.63) is 44.4 Å². The van der Waals surface area contributed by atoms with Crippen LogP contribution in [0.15, 0.2) is 28.7 Å². The number of hydrogen-bond donors (Lipinski definition) is 0. The van der Waals surface area contributed by atoms with E-state index in [0.29, 0.717) is 5.56 Å². The predicted molar refractivity (Wildman–Crippen MR) is 94.0 cm³/mol. The molecule has 0 amide bonds. The van der Waals surface area contributed by atoms with E-state index in [1.165, 1.54) is 6.92 Å². The lowest BCUT2D eigenvalue weighted by Crippen LogP contribution is -2.37. The van der Waals surface area contributed by atoms with Gasteiger partial charge in [0.1, 0.15) is 0 Å². The smallest absolute Gasteiger partial charge is 0.304 e. The fourth-order valence-electron chi connectivity index (χ4n) is 2.11. The number of rotatable bonds is 10. The Morgan fingerprint density at radius 1 is 1.25 bits per heavy atom. The molecule has 1 aromatic carbocycles. The Morgan fingerprint density at radius 2 is 1.75 bits per heavy atom. The molecule has 1 rings (SSSR count). The molecule has 9 heteroatoms. The SMILES string of the molecule is CCOP(=O)(OCC)C(C)(CCC(=O)c1ccc(Br)cc1)[N+](=O)[O-]. The normalized spacial score (nSPS) is 14.2. The average Bonchev–Trinajstić information content (AvgIpc) is 2.53. The van der Waals surface area contributed by atoms with Crippen molar-refractivity contribution >= 4 is 29.3 Å². The Morgan fingerprint density at radius 3 is 2.17 bits per heavy atom. The molecule has 0 heterocycles. The summed E-state index contributed by atoms with van der Waals surface area (Å²) in [6.07, 6.45) is -0.380. The minimum atomic E-state index is -4.01. The van der Waals surface area contributed by atoms with Crippen LogP contribution >= 0.6 is 23.5 Å². The van der Waals surface area contributed by atoms with Gasteiger partial charge in [-0.15, -0.1) is 0 Å². The van der Waals surface area contributed by atoms with Gasteiger partial charge in [-0.05, 0) is 26.0 Å². The van der Waals surface area contributed by atoms with E-state index in [1.807, 2.05) is 0 Å². The van der Waals surface area contributed by atoms with E-state index in [2.05, 4.69) is 15.9 Å². The van der Waals surface area contributed by atoms with Crippen LogP contribution < -0.4 is 0 Å². The number of hydrogen-bond acceptors (Lipinski definition) is 6. The lowest BCUT2D eigenvalue weighted by Gasteiger charge is -2.28. The third kappa shape index (κ3) is 4.72. The number of nitrogens with zero attached hydrogens (tertiary/aromatic N) is 1. The molecule has 0 aliphatic heterocycles. The molecule has 7 nitrogen and oxygen atoms in total. The molecule has 0 aromatic heterocycles. The first-order chi connectivity index (χ1) is 11.2. The van der Waals surface area contributed by atoms with Crippen LogP contribution in [0, 0.1) is 10.1 Å². The van der Waals surface area contributed by atoms with Crippen LogP contribution in [0.3, 0.4) is 0 Å². The second-order valence-electron chi connectivity index (χ2n) is 5.24. The van der Waals surface area contributed by atoms with E-state index in [4.69, 9.17) is 9.05 Å². The number of ketones is 1. The number of nitro groups is 1. The summed E-state index contributed by atoms with van der Waals surface area (Å²) in [5.74, 6) is -0.268. The van der Waals surface area contributed by atoms with Gasteiger partial charge in [0.2, 0.25) is 0 Å². The van der Waals surface area contributed by atoms with Crippen LogP contribution in [0.4, 0.5) is 0 Å². The summed E-state index contributed by atoms with van der Waals surface area (Å²) in [6.45, 7) is 4.40. The highest BCUT2D eigenvalue weighted by Gasteiger charge is 2.58. The number of halogens is 1. The Balaban J connectivity index is 2.99. The molecule has 1 atom stereocenters. The van der Waals surface area contributed by atoms with Crippen molar-refractivity contribution in [2.45, 2.75) is 38.9 Å². The van der Waals surface area contributed by atoms with Gasteiger partial charge in [0.25, 0.3) is 0 Å². The molecule has 0 aliphatic carbocycles. The van der Waals surface area contributed by atoms with E-state index in [1.54, 1.807) is 38.1 Å². The molecule has 0 N–H and O–H groups in total. The van der Waals surface area contributed by atoms with Gasteiger partial charge in [-0.25, -0.2) is 0 Å². The minimum Gasteiger partial charge on any atom is -0.304 e. The highest BCUT2D eigenvalue weighted by Crippen LogP contribution is 2.61. The van der Waals surface area contributed by atoms with E-state index in [0.717, 1.165) is 4.47 Å². The Bertz CT molecular complexity index is 625. The number of Topliss-reactive ketones (excluding diaryl/α,β-unsaturated/α-hetero) is 1. The third-order valence-corrected chi connectivity index (χ3v) is 6.87. The van der Waals surface area contributed by atoms with Crippen LogP contribution in [0.2, 0.25) is 0 Å². The minimum absolute atomic E-state index is 0.0152. The molecule has 0 bridgehead atoms. The maximum atomic E-state index is 12.9. The lowest BCUT2D eigenvalue weighted by atomic mass is 10.0. The highest BCUT2D eigenvalue weighted by atomic mass is 79.9. The lowest BCUT2D eigenvalue weighted by molar-refractivity contribution is -0.541. The molecule has 134 valence electrons. The maximum absolute atomic E-state index is 12.9.